The third kappa shape index (κ3) is 2.67. The van der Waals surface area contributed by atoms with Gasteiger partial charge in [-0.2, -0.15) is 0 Å². The molecule has 2 nitrogen and oxygen atoms in total. The molecule has 0 N–H and O–H groups in total. The zero-order chi connectivity index (χ0) is 11.6. The smallest absolute Gasteiger partial charge is 0.128 e. The number of aromatic nitrogens is 1. The summed E-state index contributed by atoms with van der Waals surface area (Å²) in [6, 6.07) is 4.08. The first-order valence-corrected chi connectivity index (χ1v) is 6.40. The molecule has 1 aromatic heterocycles. The summed E-state index contributed by atoms with van der Waals surface area (Å²) in [7, 11) is 0. The summed E-state index contributed by atoms with van der Waals surface area (Å²) in [4.78, 5) is 6.79. The first-order valence-electron chi connectivity index (χ1n) is 5.87. The van der Waals surface area contributed by atoms with Crippen molar-refractivity contribution < 1.29 is 0 Å². The number of pyridine rings is 1. The Morgan fingerprint density at radius 3 is 2.69 bits per heavy atom. The van der Waals surface area contributed by atoms with E-state index in [0.29, 0.717) is 11.3 Å². The van der Waals surface area contributed by atoms with E-state index in [1.165, 1.54) is 12.8 Å². The second-order valence-electron chi connectivity index (χ2n) is 5.31. The van der Waals surface area contributed by atoms with Crippen LogP contribution in [0.25, 0.3) is 0 Å². The molecule has 1 aliphatic rings. The Hall–Kier alpha value is -0.760. The molecule has 1 fully saturated rings. The van der Waals surface area contributed by atoms with Crippen molar-refractivity contribution in [2.45, 2.75) is 32.6 Å². The highest BCUT2D eigenvalue weighted by atomic mass is 35.5. The number of anilines is 1. The highest BCUT2D eigenvalue weighted by Crippen LogP contribution is 2.31. The molecule has 0 spiro atoms. The maximum atomic E-state index is 5.84. The number of nitrogens with zero attached hydrogens (tertiary/aromatic N) is 2. The molecule has 0 bridgehead atoms. The van der Waals surface area contributed by atoms with Crippen LogP contribution in [0.2, 0.25) is 0 Å². The van der Waals surface area contributed by atoms with E-state index in [4.69, 9.17) is 11.6 Å². The SMILES string of the molecule is CC1(C)CCN(c2cc(CCl)ccn2)CC1. The van der Waals surface area contributed by atoms with E-state index in [-0.39, 0.29) is 0 Å². The minimum Gasteiger partial charge on any atom is -0.357 e. The third-order valence-electron chi connectivity index (χ3n) is 3.41. The van der Waals surface area contributed by atoms with E-state index < -0.39 is 0 Å². The van der Waals surface area contributed by atoms with Gasteiger partial charge in [-0.05, 0) is 36.0 Å². The number of alkyl halides is 1. The number of hydrogen-bond donors (Lipinski definition) is 0. The van der Waals surface area contributed by atoms with Crippen LogP contribution < -0.4 is 4.90 Å². The minimum absolute atomic E-state index is 0.487. The molecule has 0 aromatic carbocycles. The van der Waals surface area contributed by atoms with Gasteiger partial charge in [-0.25, -0.2) is 4.98 Å². The lowest BCUT2D eigenvalue weighted by atomic mass is 9.83. The lowest BCUT2D eigenvalue weighted by Crippen LogP contribution is -2.37. The fourth-order valence-electron chi connectivity index (χ4n) is 2.06. The Kier molecular flexibility index (Phi) is 3.38. The Morgan fingerprint density at radius 2 is 2.06 bits per heavy atom. The van der Waals surface area contributed by atoms with Crippen molar-refractivity contribution >= 4 is 17.4 Å². The van der Waals surface area contributed by atoms with Crippen LogP contribution in [0.15, 0.2) is 18.3 Å². The largest absolute Gasteiger partial charge is 0.357 e. The van der Waals surface area contributed by atoms with E-state index in [0.717, 1.165) is 24.5 Å². The summed E-state index contributed by atoms with van der Waals surface area (Å²) in [6.45, 7) is 6.89. The van der Waals surface area contributed by atoms with Gasteiger partial charge in [-0.1, -0.05) is 13.8 Å². The minimum atomic E-state index is 0.487. The summed E-state index contributed by atoms with van der Waals surface area (Å²) < 4.78 is 0. The van der Waals surface area contributed by atoms with Crippen molar-refractivity contribution in [3.8, 4) is 0 Å². The van der Waals surface area contributed by atoms with Gasteiger partial charge in [0.15, 0.2) is 0 Å². The van der Waals surface area contributed by atoms with Crippen LogP contribution in [0.3, 0.4) is 0 Å². The summed E-state index contributed by atoms with van der Waals surface area (Å²) in [6.07, 6.45) is 4.33. The van der Waals surface area contributed by atoms with Gasteiger partial charge in [0.1, 0.15) is 5.82 Å². The standard InChI is InChI=1S/C13H19ClN2/c1-13(2)4-7-16(8-5-13)12-9-11(10-14)3-6-15-12/h3,6,9H,4-5,7-8,10H2,1-2H3. The third-order valence-corrected chi connectivity index (χ3v) is 3.71. The topological polar surface area (TPSA) is 16.1 Å². The Bertz CT molecular complexity index is 353. The van der Waals surface area contributed by atoms with Gasteiger partial charge in [0.25, 0.3) is 0 Å². The van der Waals surface area contributed by atoms with Crippen molar-refractivity contribution in [2.75, 3.05) is 18.0 Å². The first kappa shape index (κ1) is 11.7. The van der Waals surface area contributed by atoms with E-state index >= 15 is 0 Å². The van der Waals surface area contributed by atoms with Crippen LogP contribution >= 0.6 is 11.6 Å². The molecule has 3 heteroatoms. The lowest BCUT2D eigenvalue weighted by Gasteiger charge is -2.37. The Morgan fingerprint density at radius 1 is 1.38 bits per heavy atom. The van der Waals surface area contributed by atoms with Gasteiger partial charge in [0, 0.05) is 25.2 Å². The molecule has 1 saturated heterocycles. The quantitative estimate of drug-likeness (QED) is 0.734. The first-order chi connectivity index (χ1) is 7.61. The predicted molar refractivity (Wildman–Crippen MR) is 69.0 cm³/mol. The zero-order valence-corrected chi connectivity index (χ0v) is 10.8. The fourth-order valence-corrected chi connectivity index (χ4v) is 2.22. The van der Waals surface area contributed by atoms with Crippen LogP contribution in [0, 0.1) is 5.41 Å². The monoisotopic (exact) mass is 238 g/mol. The Labute approximate surface area is 103 Å². The van der Waals surface area contributed by atoms with Gasteiger partial charge in [-0.15, -0.1) is 11.6 Å². The van der Waals surface area contributed by atoms with Gasteiger partial charge >= 0.3 is 0 Å². The van der Waals surface area contributed by atoms with Crippen LogP contribution in [-0.2, 0) is 5.88 Å². The highest BCUT2D eigenvalue weighted by Gasteiger charge is 2.25. The van der Waals surface area contributed by atoms with Gasteiger partial charge in [-0.3, -0.25) is 0 Å². The molecule has 16 heavy (non-hydrogen) atoms. The van der Waals surface area contributed by atoms with Crippen LogP contribution in [-0.4, -0.2) is 18.1 Å². The van der Waals surface area contributed by atoms with Crippen LogP contribution in [0.1, 0.15) is 32.3 Å². The molecule has 2 heterocycles. The molecule has 1 aliphatic heterocycles. The number of halogens is 1. The molecule has 0 aliphatic carbocycles. The van der Waals surface area contributed by atoms with E-state index in [2.05, 4.69) is 29.8 Å². The average molecular weight is 239 g/mol. The summed E-state index contributed by atoms with van der Waals surface area (Å²) >= 11 is 5.84. The lowest BCUT2D eigenvalue weighted by molar-refractivity contribution is 0.279. The Balaban J connectivity index is 2.08. The predicted octanol–water partition coefficient (Wildman–Crippen LogP) is 3.45. The summed E-state index contributed by atoms with van der Waals surface area (Å²) in [5.41, 5.74) is 1.64. The summed E-state index contributed by atoms with van der Waals surface area (Å²) in [5, 5.41) is 0. The highest BCUT2D eigenvalue weighted by molar-refractivity contribution is 6.17. The molecular weight excluding hydrogens is 220 g/mol. The average Bonchev–Trinajstić information content (AvgIpc) is 2.29. The molecule has 0 saturated carbocycles. The van der Waals surface area contributed by atoms with Gasteiger partial charge in [0.05, 0.1) is 0 Å². The van der Waals surface area contributed by atoms with Gasteiger partial charge < -0.3 is 4.90 Å². The molecule has 1 aromatic rings. The number of piperidine rings is 1. The van der Waals surface area contributed by atoms with Crippen molar-refractivity contribution in [1.82, 2.24) is 4.98 Å². The van der Waals surface area contributed by atoms with Crippen molar-refractivity contribution in [2.24, 2.45) is 5.41 Å². The van der Waals surface area contributed by atoms with Crippen LogP contribution in [0.5, 0.6) is 0 Å². The van der Waals surface area contributed by atoms with Crippen LogP contribution in [0.4, 0.5) is 5.82 Å². The maximum Gasteiger partial charge on any atom is 0.128 e. The molecule has 0 unspecified atom stereocenters. The van der Waals surface area contributed by atoms with E-state index in [1.807, 2.05) is 12.3 Å². The normalized spacial score (nSPS) is 19.8. The summed E-state index contributed by atoms with van der Waals surface area (Å²) in [5.74, 6) is 1.64. The van der Waals surface area contributed by atoms with E-state index in [9.17, 15) is 0 Å². The fraction of sp³-hybridized carbons (Fsp3) is 0.615. The molecule has 88 valence electrons. The number of rotatable bonds is 2. The maximum absolute atomic E-state index is 5.84. The molecular formula is C13H19ClN2. The zero-order valence-electron chi connectivity index (χ0n) is 10.0. The molecule has 0 atom stereocenters. The second kappa shape index (κ2) is 4.62. The van der Waals surface area contributed by atoms with E-state index in [1.54, 1.807) is 0 Å². The van der Waals surface area contributed by atoms with Crippen molar-refractivity contribution in [3.63, 3.8) is 0 Å². The molecule has 2 rings (SSSR count). The van der Waals surface area contributed by atoms with Gasteiger partial charge in [0.2, 0.25) is 0 Å². The van der Waals surface area contributed by atoms with Crippen molar-refractivity contribution in [3.05, 3.63) is 23.9 Å². The second-order valence-corrected chi connectivity index (χ2v) is 5.57. The van der Waals surface area contributed by atoms with Crippen molar-refractivity contribution in [1.29, 1.82) is 0 Å². The molecule has 0 radical (unpaired) electrons. The number of hydrogen-bond acceptors (Lipinski definition) is 2. The molecule has 0 amide bonds.